The van der Waals surface area contributed by atoms with Crippen molar-refractivity contribution in [3.8, 4) is 11.1 Å². The first kappa shape index (κ1) is 18.9. The first-order valence-electron chi connectivity index (χ1n) is 10.7. The predicted octanol–water partition coefficient (Wildman–Crippen LogP) is 4.96. The highest BCUT2D eigenvalue weighted by Gasteiger charge is 2.40. The smallest absolute Gasteiger partial charge is 0.410 e. The van der Waals surface area contributed by atoms with Gasteiger partial charge in [0, 0.05) is 24.1 Å². The highest BCUT2D eigenvalue weighted by atomic mass is 16.6. The minimum Gasteiger partial charge on any atom is -0.478 e. The lowest BCUT2D eigenvalue weighted by Crippen LogP contribution is -2.53. The first-order valence-corrected chi connectivity index (χ1v) is 10.7. The lowest BCUT2D eigenvalue weighted by atomic mass is 9.82. The molecule has 154 valence electrons. The van der Waals surface area contributed by atoms with Gasteiger partial charge in [-0.25, -0.2) is 9.59 Å². The highest BCUT2D eigenvalue weighted by Crippen LogP contribution is 2.45. The number of carboxylic acids is 1. The number of fused-ring (bicyclic) bond motifs is 5. The summed E-state index contributed by atoms with van der Waals surface area (Å²) in [5.41, 5.74) is 5.77. The zero-order chi connectivity index (χ0) is 20.7. The summed E-state index contributed by atoms with van der Waals surface area (Å²) >= 11 is 0. The van der Waals surface area contributed by atoms with Crippen molar-refractivity contribution in [2.75, 3.05) is 6.61 Å². The molecule has 2 heterocycles. The van der Waals surface area contributed by atoms with E-state index in [1.54, 1.807) is 0 Å². The topological polar surface area (TPSA) is 66.8 Å². The average Bonchev–Trinajstić information content (AvgIpc) is 3.05. The van der Waals surface area contributed by atoms with E-state index in [0.29, 0.717) is 19.4 Å². The fourth-order valence-electron chi connectivity index (χ4n) is 5.51. The molecular formula is C25H25NO4. The third-order valence-electron chi connectivity index (χ3n) is 6.73. The van der Waals surface area contributed by atoms with E-state index >= 15 is 0 Å². The lowest BCUT2D eigenvalue weighted by Gasteiger charge is -2.46. The highest BCUT2D eigenvalue weighted by molar-refractivity contribution is 5.81. The van der Waals surface area contributed by atoms with Crippen LogP contribution < -0.4 is 0 Å². The van der Waals surface area contributed by atoms with Crippen LogP contribution in [0.2, 0.25) is 0 Å². The largest absolute Gasteiger partial charge is 0.478 e. The number of carboxylic acid groups (broad SMARTS) is 1. The third-order valence-corrected chi connectivity index (χ3v) is 6.73. The van der Waals surface area contributed by atoms with E-state index in [9.17, 15) is 9.59 Å². The molecule has 5 rings (SSSR count). The second-order valence-electron chi connectivity index (χ2n) is 8.50. The molecule has 0 radical (unpaired) electrons. The van der Waals surface area contributed by atoms with Gasteiger partial charge < -0.3 is 14.7 Å². The van der Waals surface area contributed by atoms with Crippen molar-refractivity contribution in [2.45, 2.75) is 50.1 Å². The van der Waals surface area contributed by atoms with Gasteiger partial charge in [-0.1, -0.05) is 54.1 Å². The van der Waals surface area contributed by atoms with Crippen LogP contribution in [0.4, 0.5) is 4.79 Å². The van der Waals surface area contributed by atoms with Crippen LogP contribution in [0.15, 0.2) is 60.2 Å². The molecule has 30 heavy (non-hydrogen) atoms. The summed E-state index contributed by atoms with van der Waals surface area (Å²) in [6, 6.07) is 16.7. The normalized spacial score (nSPS) is 22.3. The molecule has 0 spiro atoms. The van der Waals surface area contributed by atoms with Gasteiger partial charge in [-0.15, -0.1) is 0 Å². The van der Waals surface area contributed by atoms with Gasteiger partial charge in [0.1, 0.15) is 6.61 Å². The molecule has 2 saturated heterocycles. The van der Waals surface area contributed by atoms with Crippen LogP contribution in [0.3, 0.4) is 0 Å². The molecule has 2 aliphatic heterocycles. The molecule has 2 aromatic carbocycles. The van der Waals surface area contributed by atoms with Gasteiger partial charge in [0.05, 0.1) is 0 Å². The number of ether oxygens (including phenoxy) is 1. The van der Waals surface area contributed by atoms with Crippen molar-refractivity contribution >= 4 is 12.1 Å². The number of hydrogen-bond acceptors (Lipinski definition) is 3. The molecule has 1 aliphatic carbocycles. The van der Waals surface area contributed by atoms with Crippen molar-refractivity contribution in [3.63, 3.8) is 0 Å². The van der Waals surface area contributed by atoms with Crippen molar-refractivity contribution in [2.24, 2.45) is 0 Å². The van der Waals surface area contributed by atoms with Gasteiger partial charge in [0.25, 0.3) is 0 Å². The van der Waals surface area contributed by atoms with Crippen LogP contribution in [-0.2, 0) is 9.53 Å². The number of carbonyl (C=O) groups is 2. The minimum absolute atomic E-state index is 0.0405. The number of hydrogen-bond donors (Lipinski definition) is 1. The van der Waals surface area contributed by atoms with Gasteiger partial charge in [-0.2, -0.15) is 0 Å². The van der Waals surface area contributed by atoms with Gasteiger partial charge in [0.2, 0.25) is 0 Å². The Bertz CT molecular complexity index is 966. The maximum absolute atomic E-state index is 13.1. The molecule has 5 nitrogen and oxygen atoms in total. The zero-order valence-corrected chi connectivity index (χ0v) is 16.8. The Morgan fingerprint density at radius 1 is 0.967 bits per heavy atom. The van der Waals surface area contributed by atoms with Crippen LogP contribution in [0, 0.1) is 0 Å². The molecule has 0 saturated carbocycles. The number of aliphatic carboxylic acids is 1. The van der Waals surface area contributed by atoms with Crippen molar-refractivity contribution < 1.29 is 19.4 Å². The van der Waals surface area contributed by atoms with Crippen LogP contribution in [-0.4, -0.2) is 40.8 Å². The molecule has 1 N–H and O–H groups in total. The molecule has 1 amide bonds. The van der Waals surface area contributed by atoms with Crippen LogP contribution >= 0.6 is 0 Å². The molecule has 2 bridgehead atoms. The van der Waals surface area contributed by atoms with Crippen LogP contribution in [0.5, 0.6) is 0 Å². The maximum atomic E-state index is 13.1. The van der Waals surface area contributed by atoms with E-state index in [1.165, 1.54) is 28.3 Å². The number of carbonyl (C=O) groups excluding carboxylic acids is 1. The number of rotatable bonds is 3. The Morgan fingerprint density at radius 3 is 2.10 bits per heavy atom. The zero-order valence-electron chi connectivity index (χ0n) is 16.8. The lowest BCUT2D eigenvalue weighted by molar-refractivity contribution is -0.131. The summed E-state index contributed by atoms with van der Waals surface area (Å²) in [4.78, 5) is 26.0. The molecular weight excluding hydrogens is 378 g/mol. The number of nitrogens with zero attached hydrogens (tertiary/aromatic N) is 1. The Balaban J connectivity index is 1.33. The van der Waals surface area contributed by atoms with Crippen molar-refractivity contribution in [3.05, 3.63) is 71.3 Å². The number of benzene rings is 2. The molecule has 2 atom stereocenters. The van der Waals surface area contributed by atoms with Gasteiger partial charge in [-0.05, 0) is 54.4 Å². The first-order chi connectivity index (χ1) is 14.6. The average molecular weight is 403 g/mol. The van der Waals surface area contributed by atoms with E-state index in [-0.39, 0.29) is 24.1 Å². The fraction of sp³-hybridized carbons (Fsp3) is 0.360. The fourth-order valence-corrected chi connectivity index (χ4v) is 5.51. The predicted molar refractivity (Wildman–Crippen MR) is 113 cm³/mol. The quantitative estimate of drug-likeness (QED) is 0.736. The molecule has 2 aromatic rings. The third kappa shape index (κ3) is 3.28. The van der Waals surface area contributed by atoms with Crippen molar-refractivity contribution in [1.29, 1.82) is 0 Å². The van der Waals surface area contributed by atoms with Crippen LogP contribution in [0.1, 0.15) is 49.1 Å². The van der Waals surface area contributed by atoms with E-state index in [2.05, 4.69) is 24.3 Å². The summed E-state index contributed by atoms with van der Waals surface area (Å²) in [6.45, 7) is 0.320. The number of piperidine rings is 2. The standard InChI is InChI=1S/C25H25NO4/c27-24(28)14-16-12-17-6-5-7-18(13-16)26(17)25(29)30-15-23-21-10-3-1-8-19(21)20-9-2-4-11-22(20)23/h1-4,8-11,14,17-18,23H,5-7,12-13,15H2,(H,27,28). The summed E-state index contributed by atoms with van der Waals surface area (Å²) < 4.78 is 5.88. The Labute approximate surface area is 176 Å². The summed E-state index contributed by atoms with van der Waals surface area (Å²) in [5, 5.41) is 9.09. The maximum Gasteiger partial charge on any atom is 0.410 e. The second kappa shape index (κ2) is 7.63. The van der Waals surface area contributed by atoms with E-state index in [4.69, 9.17) is 9.84 Å². The number of amides is 1. The Kier molecular flexibility index (Phi) is 4.81. The summed E-state index contributed by atoms with van der Waals surface area (Å²) in [7, 11) is 0. The van der Waals surface area contributed by atoms with Crippen LogP contribution in [0.25, 0.3) is 11.1 Å². The summed E-state index contributed by atoms with van der Waals surface area (Å²) in [5.74, 6) is -0.855. The van der Waals surface area contributed by atoms with Crippen molar-refractivity contribution in [1.82, 2.24) is 4.90 Å². The SMILES string of the molecule is O=C(O)C=C1CC2CCCC(C1)N2C(=O)OCC1c2ccccc2-c2ccccc21. The molecule has 2 unspecified atom stereocenters. The van der Waals surface area contributed by atoms with Gasteiger partial charge >= 0.3 is 12.1 Å². The minimum atomic E-state index is -0.905. The van der Waals surface area contributed by atoms with E-state index in [0.717, 1.165) is 24.8 Å². The Morgan fingerprint density at radius 2 is 1.53 bits per heavy atom. The van der Waals surface area contributed by atoms with Gasteiger partial charge in [-0.3, -0.25) is 0 Å². The van der Waals surface area contributed by atoms with Gasteiger partial charge in [0.15, 0.2) is 0 Å². The van der Waals surface area contributed by atoms with E-state index in [1.807, 2.05) is 29.2 Å². The monoisotopic (exact) mass is 403 g/mol. The molecule has 3 aliphatic rings. The summed E-state index contributed by atoms with van der Waals surface area (Å²) in [6.07, 6.45) is 5.19. The Hall–Kier alpha value is -3.08. The van der Waals surface area contributed by atoms with E-state index < -0.39 is 5.97 Å². The molecule has 0 aromatic heterocycles. The molecule has 2 fully saturated rings. The second-order valence-corrected chi connectivity index (χ2v) is 8.50. The molecule has 5 heteroatoms.